The molecule has 2 aromatic carbocycles. The molecule has 0 N–H and O–H groups in total. The van der Waals surface area contributed by atoms with E-state index in [1.54, 1.807) is 18.4 Å². The summed E-state index contributed by atoms with van der Waals surface area (Å²) >= 11 is 7.47. The smallest absolute Gasteiger partial charge is 0.205 e. The van der Waals surface area contributed by atoms with Gasteiger partial charge in [0.2, 0.25) is 4.80 Å². The third-order valence-corrected chi connectivity index (χ3v) is 4.30. The third-order valence-electron chi connectivity index (χ3n) is 3.14. The van der Waals surface area contributed by atoms with Gasteiger partial charge in [-0.25, -0.2) is 4.68 Å². The summed E-state index contributed by atoms with van der Waals surface area (Å²) < 4.78 is 1.86. The zero-order valence-electron chi connectivity index (χ0n) is 12.0. The normalized spacial score (nSPS) is 12.2. The molecule has 1 heterocycles. The number of hydrogen-bond acceptors (Lipinski definition) is 3. The van der Waals surface area contributed by atoms with E-state index in [0.29, 0.717) is 0 Å². The summed E-state index contributed by atoms with van der Waals surface area (Å²) in [6, 6.07) is 17.7. The van der Waals surface area contributed by atoms with Gasteiger partial charge in [0.1, 0.15) is 0 Å². The van der Waals surface area contributed by atoms with Crippen LogP contribution in [-0.4, -0.2) is 17.9 Å². The van der Waals surface area contributed by atoms with Crippen LogP contribution in [0.2, 0.25) is 5.02 Å². The molecule has 0 unspecified atom stereocenters. The predicted octanol–water partition coefficient (Wildman–Crippen LogP) is 4.28. The molecule has 0 aliphatic carbocycles. The van der Waals surface area contributed by atoms with E-state index < -0.39 is 0 Å². The van der Waals surface area contributed by atoms with Crippen molar-refractivity contribution in [2.45, 2.75) is 0 Å². The molecule has 0 spiro atoms. The van der Waals surface area contributed by atoms with Gasteiger partial charge in [0, 0.05) is 23.0 Å². The van der Waals surface area contributed by atoms with Crippen LogP contribution in [-0.2, 0) is 0 Å². The quantitative estimate of drug-likeness (QED) is 0.643. The van der Waals surface area contributed by atoms with Gasteiger partial charge < -0.3 is 0 Å². The minimum Gasteiger partial charge on any atom is -0.261 e. The first-order valence-corrected chi connectivity index (χ1v) is 8.02. The van der Waals surface area contributed by atoms with Gasteiger partial charge in [-0.2, -0.15) is 5.10 Å². The van der Waals surface area contributed by atoms with E-state index in [1.165, 1.54) is 0 Å². The lowest BCUT2D eigenvalue weighted by atomic mass is 10.2. The van der Waals surface area contributed by atoms with E-state index in [1.807, 2.05) is 53.4 Å². The number of hydrogen-bond donors (Lipinski definition) is 0. The van der Waals surface area contributed by atoms with Gasteiger partial charge in [-0.05, 0) is 17.7 Å². The van der Waals surface area contributed by atoms with Crippen LogP contribution in [0.5, 0.6) is 0 Å². The summed E-state index contributed by atoms with van der Waals surface area (Å²) in [7, 11) is 1.77. The van der Waals surface area contributed by atoms with Crippen LogP contribution in [0.15, 0.2) is 70.1 Å². The summed E-state index contributed by atoms with van der Waals surface area (Å²) in [5, 5.41) is 7.36. The number of nitrogens with zero attached hydrogens (tertiary/aromatic N) is 3. The summed E-state index contributed by atoms with van der Waals surface area (Å²) in [6.07, 6.45) is 1.81. The van der Waals surface area contributed by atoms with Crippen molar-refractivity contribution in [3.05, 3.63) is 75.4 Å². The minimum absolute atomic E-state index is 0.717. The van der Waals surface area contributed by atoms with Crippen molar-refractivity contribution in [1.82, 2.24) is 4.68 Å². The molecule has 0 amide bonds. The number of thiazole rings is 1. The van der Waals surface area contributed by atoms with E-state index in [9.17, 15) is 0 Å². The molecule has 0 bridgehead atoms. The SMILES string of the molecule is CN=c1scc(-c2ccccc2)n1/N=C\c1ccc(Cl)cc1. The minimum atomic E-state index is 0.717. The van der Waals surface area contributed by atoms with Crippen LogP contribution in [0.25, 0.3) is 11.3 Å². The van der Waals surface area contributed by atoms with E-state index in [-0.39, 0.29) is 0 Å². The fraction of sp³-hybridized carbons (Fsp3) is 0.0588. The second-order valence-corrected chi connectivity index (χ2v) is 5.87. The van der Waals surface area contributed by atoms with Gasteiger partial charge in [-0.1, -0.05) is 54.1 Å². The van der Waals surface area contributed by atoms with Crippen molar-refractivity contribution in [3.8, 4) is 11.3 Å². The van der Waals surface area contributed by atoms with Gasteiger partial charge in [0.05, 0.1) is 11.9 Å². The standard InChI is InChI=1S/C17H14ClN3S/c1-19-17-21(20-11-13-7-9-15(18)10-8-13)16(12-22-17)14-5-3-2-4-6-14/h2-12H,1H3/b19-17?,20-11-. The number of aromatic nitrogens is 1. The Morgan fingerprint density at radius 2 is 1.77 bits per heavy atom. The Morgan fingerprint density at radius 1 is 1.05 bits per heavy atom. The van der Waals surface area contributed by atoms with Crippen molar-refractivity contribution in [2.24, 2.45) is 10.1 Å². The molecule has 0 saturated heterocycles. The highest BCUT2D eigenvalue weighted by atomic mass is 35.5. The molecule has 0 aliphatic rings. The Kier molecular flexibility index (Phi) is 4.51. The van der Waals surface area contributed by atoms with Crippen LogP contribution >= 0.6 is 22.9 Å². The van der Waals surface area contributed by atoms with E-state index in [4.69, 9.17) is 11.6 Å². The Labute approximate surface area is 137 Å². The molecule has 0 aliphatic heterocycles. The maximum atomic E-state index is 5.90. The first kappa shape index (κ1) is 14.8. The molecular formula is C17H14ClN3S. The molecule has 22 heavy (non-hydrogen) atoms. The van der Waals surface area contributed by atoms with Gasteiger partial charge in [-0.15, -0.1) is 11.3 Å². The van der Waals surface area contributed by atoms with Crippen LogP contribution in [0, 0.1) is 0 Å². The molecule has 0 saturated carbocycles. The molecule has 0 radical (unpaired) electrons. The van der Waals surface area contributed by atoms with Crippen LogP contribution < -0.4 is 4.80 Å². The fourth-order valence-corrected chi connectivity index (χ4v) is 2.97. The van der Waals surface area contributed by atoms with Crippen LogP contribution in [0.4, 0.5) is 0 Å². The van der Waals surface area contributed by atoms with Crippen LogP contribution in [0.1, 0.15) is 5.56 Å². The number of benzene rings is 2. The third kappa shape index (κ3) is 3.18. The van der Waals surface area contributed by atoms with Crippen molar-refractivity contribution >= 4 is 29.2 Å². The molecule has 0 fully saturated rings. The Bertz CT molecular complexity index is 846. The Balaban J connectivity index is 2.03. The molecule has 3 aromatic rings. The Morgan fingerprint density at radius 3 is 2.45 bits per heavy atom. The van der Waals surface area contributed by atoms with E-state index in [0.717, 1.165) is 26.6 Å². The van der Waals surface area contributed by atoms with E-state index in [2.05, 4.69) is 27.6 Å². The fourth-order valence-electron chi connectivity index (χ4n) is 2.04. The molecule has 110 valence electrons. The zero-order chi connectivity index (χ0) is 15.4. The van der Waals surface area contributed by atoms with Crippen molar-refractivity contribution in [3.63, 3.8) is 0 Å². The lowest BCUT2D eigenvalue weighted by Crippen LogP contribution is -2.11. The van der Waals surface area contributed by atoms with Crippen LogP contribution in [0.3, 0.4) is 0 Å². The van der Waals surface area contributed by atoms with Gasteiger partial charge in [0.25, 0.3) is 0 Å². The first-order chi connectivity index (χ1) is 10.8. The summed E-state index contributed by atoms with van der Waals surface area (Å²) in [5.74, 6) is 0. The maximum absolute atomic E-state index is 5.90. The largest absolute Gasteiger partial charge is 0.261 e. The molecule has 3 nitrogen and oxygen atoms in total. The van der Waals surface area contributed by atoms with Gasteiger partial charge in [0.15, 0.2) is 0 Å². The van der Waals surface area contributed by atoms with Crippen molar-refractivity contribution < 1.29 is 0 Å². The highest BCUT2D eigenvalue weighted by Crippen LogP contribution is 2.19. The van der Waals surface area contributed by atoms with Gasteiger partial charge in [-0.3, -0.25) is 4.99 Å². The summed E-state index contributed by atoms with van der Waals surface area (Å²) in [4.78, 5) is 5.14. The van der Waals surface area contributed by atoms with E-state index >= 15 is 0 Å². The second kappa shape index (κ2) is 6.73. The molecule has 3 rings (SSSR count). The summed E-state index contributed by atoms with van der Waals surface area (Å²) in [5.41, 5.74) is 3.13. The molecule has 0 atom stereocenters. The van der Waals surface area contributed by atoms with Crippen molar-refractivity contribution in [1.29, 1.82) is 0 Å². The monoisotopic (exact) mass is 327 g/mol. The second-order valence-electron chi connectivity index (χ2n) is 4.60. The highest BCUT2D eigenvalue weighted by Gasteiger charge is 2.06. The number of halogens is 1. The molecular weight excluding hydrogens is 314 g/mol. The predicted molar refractivity (Wildman–Crippen MR) is 93.7 cm³/mol. The Hall–Kier alpha value is -2.17. The zero-order valence-corrected chi connectivity index (χ0v) is 13.6. The lowest BCUT2D eigenvalue weighted by Gasteiger charge is -2.03. The van der Waals surface area contributed by atoms with Crippen molar-refractivity contribution in [2.75, 3.05) is 7.05 Å². The number of rotatable bonds is 3. The highest BCUT2D eigenvalue weighted by molar-refractivity contribution is 7.07. The molecule has 5 heteroatoms. The molecule has 1 aromatic heterocycles. The first-order valence-electron chi connectivity index (χ1n) is 6.76. The summed E-state index contributed by atoms with van der Waals surface area (Å²) in [6.45, 7) is 0. The maximum Gasteiger partial charge on any atom is 0.205 e. The average Bonchev–Trinajstić information content (AvgIpc) is 2.98. The average molecular weight is 328 g/mol. The van der Waals surface area contributed by atoms with Gasteiger partial charge >= 0.3 is 0 Å². The lowest BCUT2D eigenvalue weighted by molar-refractivity contribution is 0.848. The topological polar surface area (TPSA) is 29.6 Å².